The number of hydrogen-bond acceptors (Lipinski definition) is 2. The maximum atomic E-state index is 10.5. The Hall–Kier alpha value is -1.35. The van der Waals surface area contributed by atoms with Crippen LogP contribution < -0.4 is 11.5 Å². The number of benzene rings is 1. The first-order chi connectivity index (χ1) is 5.70. The van der Waals surface area contributed by atoms with Gasteiger partial charge in [0.25, 0.3) is 5.91 Å². The second-order valence-electron chi connectivity index (χ2n) is 2.66. The van der Waals surface area contributed by atoms with E-state index in [4.69, 9.17) is 11.5 Å². The van der Waals surface area contributed by atoms with Crippen molar-refractivity contribution >= 4 is 5.91 Å². The van der Waals surface area contributed by atoms with E-state index >= 15 is 0 Å². The molecule has 0 aliphatic heterocycles. The summed E-state index contributed by atoms with van der Waals surface area (Å²) in [6.07, 6.45) is 0.448. The zero-order valence-electron chi connectivity index (χ0n) is 6.66. The molecule has 1 rings (SSSR count). The normalized spacial score (nSPS) is 12.4. The number of hydrogen-bond donors (Lipinski definition) is 1. The van der Waals surface area contributed by atoms with Gasteiger partial charge in [-0.05, 0) is 12.0 Å². The van der Waals surface area contributed by atoms with Gasteiger partial charge < -0.3 is 5.73 Å². The number of carbonyl (C=O) groups excluding carboxylic acids is 1. The second kappa shape index (κ2) is 3.88. The summed E-state index contributed by atoms with van der Waals surface area (Å²) in [5, 5.41) is 0. The Labute approximate surface area is 71.4 Å². The SMILES string of the molecule is [NH]C(=O)[C@H](N)Cc1ccccc1. The van der Waals surface area contributed by atoms with E-state index in [1.165, 1.54) is 0 Å². The molecule has 3 heteroatoms. The quantitative estimate of drug-likeness (QED) is 0.699. The molecule has 0 aliphatic rings. The number of carbonyl (C=O) groups is 1. The van der Waals surface area contributed by atoms with Gasteiger partial charge in [-0.3, -0.25) is 10.5 Å². The number of nitrogens with two attached hydrogens (primary N) is 1. The molecule has 0 unspecified atom stereocenters. The highest BCUT2D eigenvalue weighted by Gasteiger charge is 2.09. The average Bonchev–Trinajstić information content (AvgIpc) is 2.06. The molecule has 63 valence electrons. The molecule has 1 atom stereocenters. The average molecular weight is 163 g/mol. The Morgan fingerprint density at radius 1 is 1.42 bits per heavy atom. The fourth-order valence-corrected chi connectivity index (χ4v) is 0.961. The van der Waals surface area contributed by atoms with E-state index in [1.807, 2.05) is 30.3 Å². The van der Waals surface area contributed by atoms with Crippen LogP contribution in [0.3, 0.4) is 0 Å². The van der Waals surface area contributed by atoms with E-state index in [0.717, 1.165) is 5.56 Å². The van der Waals surface area contributed by atoms with E-state index in [-0.39, 0.29) is 0 Å². The van der Waals surface area contributed by atoms with Crippen molar-refractivity contribution in [1.82, 2.24) is 5.73 Å². The molecule has 12 heavy (non-hydrogen) atoms. The smallest absolute Gasteiger partial charge is 0.255 e. The summed E-state index contributed by atoms with van der Waals surface area (Å²) in [6.45, 7) is 0. The number of amides is 1. The Kier molecular flexibility index (Phi) is 2.82. The molecule has 0 aliphatic carbocycles. The van der Waals surface area contributed by atoms with Gasteiger partial charge in [0.2, 0.25) is 0 Å². The minimum Gasteiger partial charge on any atom is -0.320 e. The van der Waals surface area contributed by atoms with Crippen LogP contribution in [0.15, 0.2) is 30.3 Å². The third-order valence-electron chi connectivity index (χ3n) is 1.64. The van der Waals surface area contributed by atoms with Crippen LogP contribution in [-0.4, -0.2) is 11.9 Å². The highest BCUT2D eigenvalue weighted by Crippen LogP contribution is 2.01. The first-order valence-electron chi connectivity index (χ1n) is 3.75. The molecule has 0 fully saturated rings. The molecule has 0 heterocycles. The Morgan fingerprint density at radius 3 is 2.50 bits per heavy atom. The Morgan fingerprint density at radius 2 is 2.00 bits per heavy atom. The number of rotatable bonds is 3. The fraction of sp³-hybridized carbons (Fsp3) is 0.222. The van der Waals surface area contributed by atoms with Crippen LogP contribution in [0.2, 0.25) is 0 Å². The second-order valence-corrected chi connectivity index (χ2v) is 2.66. The van der Waals surface area contributed by atoms with Gasteiger partial charge in [0, 0.05) is 0 Å². The van der Waals surface area contributed by atoms with Gasteiger partial charge >= 0.3 is 0 Å². The molecule has 3 N–H and O–H groups in total. The Balaban J connectivity index is 2.58. The summed E-state index contributed by atoms with van der Waals surface area (Å²) in [7, 11) is 0. The lowest BCUT2D eigenvalue weighted by Crippen LogP contribution is -2.33. The van der Waals surface area contributed by atoms with Crippen molar-refractivity contribution in [2.75, 3.05) is 0 Å². The summed E-state index contributed by atoms with van der Waals surface area (Å²) < 4.78 is 0. The maximum absolute atomic E-state index is 10.5. The topological polar surface area (TPSA) is 66.9 Å². The third-order valence-corrected chi connectivity index (χ3v) is 1.64. The van der Waals surface area contributed by atoms with Crippen LogP contribution in [0.1, 0.15) is 5.56 Å². The molecule has 3 nitrogen and oxygen atoms in total. The van der Waals surface area contributed by atoms with E-state index in [2.05, 4.69) is 0 Å². The first kappa shape index (κ1) is 8.74. The summed E-state index contributed by atoms with van der Waals surface area (Å²) >= 11 is 0. The van der Waals surface area contributed by atoms with Gasteiger partial charge in [0.15, 0.2) is 0 Å². The van der Waals surface area contributed by atoms with E-state index < -0.39 is 11.9 Å². The fourth-order valence-electron chi connectivity index (χ4n) is 0.961. The predicted octanol–water partition coefficient (Wildman–Crippen LogP) is 0.366. The molecule has 0 bridgehead atoms. The zero-order chi connectivity index (χ0) is 8.97. The van der Waals surface area contributed by atoms with Crippen LogP contribution in [0.5, 0.6) is 0 Å². The van der Waals surface area contributed by atoms with Crippen molar-refractivity contribution in [3.05, 3.63) is 35.9 Å². The monoisotopic (exact) mass is 163 g/mol. The van der Waals surface area contributed by atoms with E-state index in [0.29, 0.717) is 6.42 Å². The molecule has 0 saturated heterocycles. The zero-order valence-corrected chi connectivity index (χ0v) is 6.66. The molecule has 0 saturated carbocycles. The molecule has 1 aromatic rings. The Bertz CT molecular complexity index is 258. The van der Waals surface area contributed by atoms with Gasteiger partial charge in [-0.15, -0.1) is 0 Å². The molecule has 0 spiro atoms. The van der Waals surface area contributed by atoms with Crippen LogP contribution in [0.25, 0.3) is 0 Å². The van der Waals surface area contributed by atoms with Gasteiger partial charge in [-0.1, -0.05) is 30.3 Å². The van der Waals surface area contributed by atoms with E-state index in [1.54, 1.807) is 0 Å². The van der Waals surface area contributed by atoms with Crippen molar-refractivity contribution in [1.29, 1.82) is 0 Å². The highest BCUT2D eigenvalue weighted by atomic mass is 16.1. The van der Waals surface area contributed by atoms with Crippen molar-refractivity contribution in [2.45, 2.75) is 12.5 Å². The summed E-state index contributed by atoms with van der Waals surface area (Å²) in [4.78, 5) is 10.5. The van der Waals surface area contributed by atoms with Crippen LogP contribution in [0, 0.1) is 0 Å². The highest BCUT2D eigenvalue weighted by molar-refractivity contribution is 5.79. The van der Waals surface area contributed by atoms with Gasteiger partial charge in [-0.25, -0.2) is 0 Å². The van der Waals surface area contributed by atoms with Crippen molar-refractivity contribution in [3.8, 4) is 0 Å². The minimum atomic E-state index is -0.709. The van der Waals surface area contributed by atoms with Crippen LogP contribution in [0.4, 0.5) is 0 Å². The van der Waals surface area contributed by atoms with Gasteiger partial charge in [0.1, 0.15) is 0 Å². The maximum Gasteiger partial charge on any atom is 0.255 e. The summed E-state index contributed by atoms with van der Waals surface area (Å²) in [5.41, 5.74) is 13.2. The molecule has 0 aromatic heterocycles. The molecule has 1 radical (unpaired) electrons. The standard InChI is InChI=1S/C9H11N2O/c10-8(9(11)12)6-7-4-2-1-3-5-7/h1-5,8,11H,6,10H2/t8-/m1/s1. The van der Waals surface area contributed by atoms with Crippen LogP contribution >= 0.6 is 0 Å². The lowest BCUT2D eigenvalue weighted by molar-refractivity contribution is -0.119. The largest absolute Gasteiger partial charge is 0.320 e. The van der Waals surface area contributed by atoms with Crippen LogP contribution in [-0.2, 0) is 11.2 Å². The van der Waals surface area contributed by atoms with Crippen molar-refractivity contribution in [3.63, 3.8) is 0 Å². The minimum absolute atomic E-state index is 0.448. The predicted molar refractivity (Wildman–Crippen MR) is 46.2 cm³/mol. The summed E-state index contributed by atoms with van der Waals surface area (Å²) in [6, 6.07) is 8.77. The van der Waals surface area contributed by atoms with E-state index in [9.17, 15) is 4.79 Å². The molecule has 1 aromatic carbocycles. The first-order valence-corrected chi connectivity index (χ1v) is 3.75. The lowest BCUT2D eigenvalue weighted by atomic mass is 10.1. The third kappa shape index (κ3) is 2.36. The number of nitrogens with one attached hydrogen (secondary N) is 1. The van der Waals surface area contributed by atoms with Gasteiger partial charge in [-0.2, -0.15) is 0 Å². The van der Waals surface area contributed by atoms with Crippen molar-refractivity contribution in [2.24, 2.45) is 5.73 Å². The molecular weight excluding hydrogens is 152 g/mol. The molecule has 1 amide bonds. The molecular formula is C9H11N2O. The lowest BCUT2D eigenvalue weighted by Gasteiger charge is -2.05. The summed E-state index contributed by atoms with van der Waals surface area (Å²) in [5.74, 6) is -0.709. The van der Waals surface area contributed by atoms with Crippen molar-refractivity contribution < 1.29 is 4.79 Å². The van der Waals surface area contributed by atoms with Gasteiger partial charge in [0.05, 0.1) is 6.04 Å².